The minimum Gasteiger partial charge on any atom is -0.379 e. The lowest BCUT2D eigenvalue weighted by Gasteiger charge is -2.29. The molecule has 1 amide bonds. The SMILES string of the molecule is CC(CNC(=O)C1COCC1N)CN1CCCCC1. The molecule has 2 heterocycles. The molecule has 0 aromatic heterocycles. The molecule has 110 valence electrons. The van der Waals surface area contributed by atoms with E-state index in [1.165, 1.54) is 32.4 Å². The summed E-state index contributed by atoms with van der Waals surface area (Å²) in [6.07, 6.45) is 3.99. The molecule has 3 unspecified atom stereocenters. The van der Waals surface area contributed by atoms with Gasteiger partial charge in [0, 0.05) is 19.1 Å². The maximum atomic E-state index is 12.0. The van der Waals surface area contributed by atoms with E-state index >= 15 is 0 Å². The van der Waals surface area contributed by atoms with Gasteiger partial charge < -0.3 is 20.7 Å². The molecule has 0 bridgehead atoms. The van der Waals surface area contributed by atoms with E-state index < -0.39 is 0 Å². The molecule has 5 nitrogen and oxygen atoms in total. The number of likely N-dealkylation sites (tertiary alicyclic amines) is 1. The Balaban J connectivity index is 1.65. The number of nitrogens with one attached hydrogen (secondary N) is 1. The van der Waals surface area contributed by atoms with Crippen molar-refractivity contribution in [2.45, 2.75) is 32.2 Å². The molecular formula is C14H27N3O2. The zero-order valence-corrected chi connectivity index (χ0v) is 11.9. The van der Waals surface area contributed by atoms with Gasteiger partial charge in [-0.2, -0.15) is 0 Å². The van der Waals surface area contributed by atoms with Crippen LogP contribution >= 0.6 is 0 Å². The first-order valence-electron chi connectivity index (χ1n) is 7.50. The Bertz CT molecular complexity index is 292. The summed E-state index contributed by atoms with van der Waals surface area (Å²) in [5.74, 6) is 0.373. The molecule has 2 saturated heterocycles. The van der Waals surface area contributed by atoms with Crippen molar-refractivity contribution in [2.75, 3.05) is 39.4 Å². The van der Waals surface area contributed by atoms with Crippen molar-refractivity contribution in [3.63, 3.8) is 0 Å². The van der Waals surface area contributed by atoms with Gasteiger partial charge in [-0.15, -0.1) is 0 Å². The molecule has 0 saturated carbocycles. The smallest absolute Gasteiger partial charge is 0.227 e. The topological polar surface area (TPSA) is 67.6 Å². The number of ether oxygens (including phenoxy) is 1. The fourth-order valence-corrected chi connectivity index (χ4v) is 2.89. The van der Waals surface area contributed by atoms with E-state index in [1.807, 2.05) is 0 Å². The summed E-state index contributed by atoms with van der Waals surface area (Å²) in [6.45, 7) is 7.39. The third-order valence-corrected chi connectivity index (χ3v) is 4.10. The van der Waals surface area contributed by atoms with E-state index in [0.717, 1.165) is 13.1 Å². The summed E-state index contributed by atoms with van der Waals surface area (Å²) >= 11 is 0. The van der Waals surface area contributed by atoms with Crippen molar-refractivity contribution in [1.29, 1.82) is 0 Å². The lowest BCUT2D eigenvalue weighted by atomic mass is 10.0. The van der Waals surface area contributed by atoms with Crippen LogP contribution in [0.25, 0.3) is 0 Å². The van der Waals surface area contributed by atoms with Crippen LogP contribution < -0.4 is 11.1 Å². The predicted octanol–water partition coefficient (Wildman–Crippen LogP) is 0.198. The van der Waals surface area contributed by atoms with E-state index in [4.69, 9.17) is 10.5 Å². The van der Waals surface area contributed by atoms with Gasteiger partial charge in [0.05, 0.1) is 19.1 Å². The molecule has 0 aliphatic carbocycles. The molecule has 0 aromatic rings. The summed E-state index contributed by atoms with van der Waals surface area (Å²) in [6, 6.07) is -0.141. The number of piperidine rings is 1. The van der Waals surface area contributed by atoms with Crippen LogP contribution in [0.3, 0.4) is 0 Å². The molecule has 2 rings (SSSR count). The second-order valence-corrected chi connectivity index (χ2v) is 6.02. The van der Waals surface area contributed by atoms with Gasteiger partial charge in [-0.1, -0.05) is 13.3 Å². The van der Waals surface area contributed by atoms with E-state index in [0.29, 0.717) is 19.1 Å². The lowest BCUT2D eigenvalue weighted by Crippen LogP contribution is -2.43. The molecular weight excluding hydrogens is 242 g/mol. The maximum Gasteiger partial charge on any atom is 0.227 e. The largest absolute Gasteiger partial charge is 0.379 e. The first kappa shape index (κ1) is 14.8. The van der Waals surface area contributed by atoms with Crippen LogP contribution in [0.1, 0.15) is 26.2 Å². The van der Waals surface area contributed by atoms with Crippen LogP contribution in [-0.2, 0) is 9.53 Å². The second-order valence-electron chi connectivity index (χ2n) is 6.02. The summed E-state index contributed by atoms with van der Waals surface area (Å²) in [7, 11) is 0. The summed E-state index contributed by atoms with van der Waals surface area (Å²) < 4.78 is 5.22. The molecule has 3 atom stereocenters. The highest BCUT2D eigenvalue weighted by Crippen LogP contribution is 2.13. The van der Waals surface area contributed by atoms with Crippen molar-refractivity contribution in [3.05, 3.63) is 0 Å². The number of amides is 1. The minimum absolute atomic E-state index is 0.0514. The van der Waals surface area contributed by atoms with E-state index in [1.54, 1.807) is 0 Å². The normalized spacial score (nSPS) is 30.2. The maximum absolute atomic E-state index is 12.0. The number of carbonyl (C=O) groups excluding carboxylic acids is 1. The van der Waals surface area contributed by atoms with Crippen molar-refractivity contribution in [3.8, 4) is 0 Å². The minimum atomic E-state index is -0.165. The van der Waals surface area contributed by atoms with E-state index in [9.17, 15) is 4.79 Å². The highest BCUT2D eigenvalue weighted by atomic mass is 16.5. The molecule has 3 N–H and O–H groups in total. The number of nitrogens with zero attached hydrogens (tertiary/aromatic N) is 1. The van der Waals surface area contributed by atoms with Crippen molar-refractivity contribution in [1.82, 2.24) is 10.2 Å². The van der Waals surface area contributed by atoms with Crippen LogP contribution in [0.15, 0.2) is 0 Å². The first-order valence-corrected chi connectivity index (χ1v) is 7.50. The van der Waals surface area contributed by atoms with Crippen LogP contribution in [-0.4, -0.2) is 56.2 Å². The van der Waals surface area contributed by atoms with Crippen LogP contribution in [0, 0.1) is 11.8 Å². The zero-order valence-electron chi connectivity index (χ0n) is 11.9. The Hall–Kier alpha value is -0.650. The number of hydrogen-bond donors (Lipinski definition) is 2. The summed E-state index contributed by atoms with van der Waals surface area (Å²) in [5, 5.41) is 3.02. The summed E-state index contributed by atoms with van der Waals surface area (Å²) in [5.41, 5.74) is 5.84. The first-order chi connectivity index (χ1) is 9.16. The van der Waals surface area contributed by atoms with Gasteiger partial charge in [0.1, 0.15) is 0 Å². The Morgan fingerprint density at radius 3 is 2.74 bits per heavy atom. The van der Waals surface area contributed by atoms with Crippen LogP contribution in [0.5, 0.6) is 0 Å². The quantitative estimate of drug-likeness (QED) is 0.748. The monoisotopic (exact) mass is 269 g/mol. The Labute approximate surface area is 115 Å². The lowest BCUT2D eigenvalue weighted by molar-refractivity contribution is -0.125. The molecule has 2 fully saturated rings. The predicted molar refractivity (Wildman–Crippen MR) is 74.7 cm³/mol. The van der Waals surface area contributed by atoms with Crippen LogP contribution in [0.4, 0.5) is 0 Å². The van der Waals surface area contributed by atoms with Gasteiger partial charge in [-0.3, -0.25) is 4.79 Å². The number of rotatable bonds is 5. The van der Waals surface area contributed by atoms with Gasteiger partial charge in [0.2, 0.25) is 5.91 Å². The average Bonchev–Trinajstić information content (AvgIpc) is 2.83. The number of nitrogens with two attached hydrogens (primary N) is 1. The Morgan fingerprint density at radius 2 is 2.11 bits per heavy atom. The van der Waals surface area contributed by atoms with E-state index in [-0.39, 0.29) is 17.9 Å². The molecule has 5 heteroatoms. The van der Waals surface area contributed by atoms with Gasteiger partial charge in [0.25, 0.3) is 0 Å². The number of hydrogen-bond acceptors (Lipinski definition) is 4. The Kier molecular flexibility index (Phi) is 5.60. The van der Waals surface area contributed by atoms with E-state index in [2.05, 4.69) is 17.1 Å². The standard InChI is InChI=1S/C14H27N3O2/c1-11(8-17-5-3-2-4-6-17)7-16-14(18)12-9-19-10-13(12)15/h11-13H,2-10,15H2,1H3,(H,16,18). The van der Waals surface area contributed by atoms with Gasteiger partial charge >= 0.3 is 0 Å². The van der Waals surface area contributed by atoms with Crippen molar-refractivity contribution >= 4 is 5.91 Å². The molecule has 0 radical (unpaired) electrons. The highest BCUT2D eigenvalue weighted by Gasteiger charge is 2.31. The zero-order chi connectivity index (χ0) is 13.7. The van der Waals surface area contributed by atoms with Gasteiger partial charge in [-0.25, -0.2) is 0 Å². The summed E-state index contributed by atoms with van der Waals surface area (Å²) in [4.78, 5) is 14.5. The highest BCUT2D eigenvalue weighted by molar-refractivity contribution is 5.79. The van der Waals surface area contributed by atoms with Crippen LogP contribution in [0.2, 0.25) is 0 Å². The van der Waals surface area contributed by atoms with Gasteiger partial charge in [0.15, 0.2) is 0 Å². The van der Waals surface area contributed by atoms with Crippen molar-refractivity contribution < 1.29 is 9.53 Å². The number of carbonyl (C=O) groups is 1. The molecule has 2 aliphatic heterocycles. The fourth-order valence-electron chi connectivity index (χ4n) is 2.89. The Morgan fingerprint density at radius 1 is 1.37 bits per heavy atom. The molecule has 2 aliphatic rings. The molecule has 19 heavy (non-hydrogen) atoms. The fraction of sp³-hybridized carbons (Fsp3) is 0.929. The third kappa shape index (κ3) is 4.44. The second kappa shape index (κ2) is 7.22. The third-order valence-electron chi connectivity index (χ3n) is 4.10. The van der Waals surface area contributed by atoms with Crippen molar-refractivity contribution in [2.24, 2.45) is 17.6 Å². The van der Waals surface area contributed by atoms with Gasteiger partial charge in [-0.05, 0) is 31.8 Å². The molecule has 0 aromatic carbocycles. The average molecular weight is 269 g/mol. The molecule has 0 spiro atoms.